The van der Waals surface area contributed by atoms with E-state index >= 15 is 0 Å². The minimum absolute atomic E-state index is 0.938. The maximum atomic E-state index is 3.31. The van der Waals surface area contributed by atoms with E-state index in [-0.39, 0.29) is 0 Å². The van der Waals surface area contributed by atoms with Crippen LogP contribution >= 0.6 is 0 Å². The molecule has 0 aromatic rings. The molecule has 0 heterocycles. The third kappa shape index (κ3) is 28.4. The van der Waals surface area contributed by atoms with E-state index in [0.29, 0.717) is 0 Å². The average molecular weight is 435 g/mol. The molecule has 0 nitrogen and oxygen atoms in total. The fourth-order valence-corrected chi connectivity index (χ4v) is 1.60. The van der Waals surface area contributed by atoms with Crippen molar-refractivity contribution >= 4 is 0 Å². The largest absolute Gasteiger partial charge is 0.0919 e. The van der Waals surface area contributed by atoms with Gasteiger partial charge in [-0.2, -0.15) is 0 Å². The van der Waals surface area contributed by atoms with Crippen LogP contribution in [0.4, 0.5) is 0 Å². The second kappa shape index (κ2) is 23.1. The molecule has 2 rings (SSSR count). The van der Waals surface area contributed by atoms with Crippen LogP contribution in [-0.2, 0) is 0 Å². The highest BCUT2D eigenvalue weighted by Crippen LogP contribution is 2.36. The lowest BCUT2D eigenvalue weighted by molar-refractivity contribution is 0.834. The van der Waals surface area contributed by atoms with Crippen molar-refractivity contribution < 1.29 is 0 Å². The van der Waals surface area contributed by atoms with Crippen LogP contribution in [0.15, 0.2) is 105 Å². The molecule has 0 bridgehead atoms. The summed E-state index contributed by atoms with van der Waals surface area (Å²) in [6.07, 6.45) is 7.88. The fourth-order valence-electron chi connectivity index (χ4n) is 1.60. The van der Waals surface area contributed by atoms with Crippen molar-refractivity contribution in [2.45, 2.75) is 74.7 Å². The predicted octanol–water partition coefficient (Wildman–Crippen LogP) is 9.05. The van der Waals surface area contributed by atoms with Crippen LogP contribution in [0.5, 0.6) is 0 Å². The lowest BCUT2D eigenvalue weighted by Gasteiger charge is -1.79. The van der Waals surface area contributed by atoms with Gasteiger partial charge in [0.15, 0.2) is 0 Å². The van der Waals surface area contributed by atoms with Crippen LogP contribution in [0, 0.1) is 23.7 Å². The molecule has 0 aromatic heterocycles. The van der Waals surface area contributed by atoms with Gasteiger partial charge in [0.05, 0.1) is 0 Å². The van der Waals surface area contributed by atoms with E-state index < -0.39 is 0 Å². The van der Waals surface area contributed by atoms with Crippen LogP contribution < -0.4 is 0 Å². The first-order valence-electron chi connectivity index (χ1n) is 11.5. The molecular weight excluding hydrogens is 396 g/mol. The van der Waals surface area contributed by atoms with E-state index in [9.17, 15) is 0 Å². The quantitative estimate of drug-likeness (QED) is 0.285. The standard InChI is InChI=1S/C19H10.2C5H10.C4H8/c1-4-6-7-8-9-10-11-12-13-14-15-16-17-18-19(3)5-2;2*1-4-3-5(4)2;1-3-4-2/h1,5H2,2-3H3;2*4-5H,3H2,1-2H3;3-4H,1-2H3/b;;;4-3-/t;4-,5?;;/m.0../s1. The molecule has 0 spiro atoms. The van der Waals surface area contributed by atoms with Gasteiger partial charge in [0.25, 0.3) is 0 Å². The minimum atomic E-state index is 0.938. The van der Waals surface area contributed by atoms with E-state index in [1.807, 2.05) is 39.8 Å². The zero-order valence-electron chi connectivity index (χ0n) is 21.8. The Morgan fingerprint density at radius 1 is 0.636 bits per heavy atom. The minimum Gasteiger partial charge on any atom is -0.0919 e. The highest BCUT2D eigenvalue weighted by atomic mass is 14.3. The highest BCUT2D eigenvalue weighted by Gasteiger charge is 2.26. The maximum Gasteiger partial charge on any atom is -0.00000000000926 e. The Morgan fingerprint density at radius 3 is 1.12 bits per heavy atom. The van der Waals surface area contributed by atoms with Crippen LogP contribution in [0.25, 0.3) is 0 Å². The summed E-state index contributed by atoms with van der Waals surface area (Å²) in [6, 6.07) is 0. The molecule has 3 unspecified atom stereocenters. The van der Waals surface area contributed by atoms with Crippen molar-refractivity contribution in [2.75, 3.05) is 0 Å². The van der Waals surface area contributed by atoms with E-state index in [1.165, 1.54) is 12.8 Å². The number of rotatable bonds is 1. The number of allylic oxidation sites excluding steroid dienone is 3. The molecule has 0 radical (unpaired) electrons. The molecular formula is C33H38. The van der Waals surface area contributed by atoms with Gasteiger partial charge in [-0.25, -0.2) is 0 Å². The summed E-state index contributed by atoms with van der Waals surface area (Å²) < 4.78 is 0. The summed E-state index contributed by atoms with van der Waals surface area (Å²) in [5.41, 5.74) is 36.9. The van der Waals surface area contributed by atoms with Gasteiger partial charge in [-0.1, -0.05) is 58.2 Å². The van der Waals surface area contributed by atoms with Gasteiger partial charge in [-0.05, 0) is 145 Å². The normalized spacial score (nSPS) is 18.9. The van der Waals surface area contributed by atoms with Gasteiger partial charge in [-0.3, -0.25) is 0 Å². The molecule has 0 aliphatic heterocycles. The molecule has 4 atom stereocenters. The van der Waals surface area contributed by atoms with Crippen LogP contribution in [0.3, 0.4) is 0 Å². The number of hydrogen-bond donors (Lipinski definition) is 0. The molecule has 0 heteroatoms. The molecule has 2 aliphatic carbocycles. The zero-order valence-corrected chi connectivity index (χ0v) is 21.8. The van der Waals surface area contributed by atoms with Crippen molar-refractivity contribution in [1.82, 2.24) is 0 Å². The first-order valence-corrected chi connectivity index (χ1v) is 11.5. The lowest BCUT2D eigenvalue weighted by atomic mass is 10.3. The average Bonchev–Trinajstić information content (AvgIpc) is 3.69. The lowest BCUT2D eigenvalue weighted by Crippen LogP contribution is -1.61. The van der Waals surface area contributed by atoms with Gasteiger partial charge in [0, 0.05) is 0 Å². The smallest absolute Gasteiger partial charge is 0.00000000000926 e. The van der Waals surface area contributed by atoms with Crippen molar-refractivity contribution in [3.63, 3.8) is 0 Å². The monoisotopic (exact) mass is 434 g/mol. The second-order valence-corrected chi connectivity index (χ2v) is 7.98. The van der Waals surface area contributed by atoms with Crippen LogP contribution in [0.2, 0.25) is 0 Å². The van der Waals surface area contributed by atoms with Crippen molar-refractivity contribution in [2.24, 2.45) is 23.7 Å². The Labute approximate surface area is 202 Å². The van der Waals surface area contributed by atoms with E-state index in [2.05, 4.69) is 115 Å². The van der Waals surface area contributed by atoms with Gasteiger partial charge in [-0.15, -0.1) is 0 Å². The van der Waals surface area contributed by atoms with Gasteiger partial charge in [0.1, 0.15) is 0 Å². The third-order valence-electron chi connectivity index (χ3n) is 4.94. The Balaban J connectivity index is 0. The van der Waals surface area contributed by atoms with E-state index in [1.54, 1.807) is 0 Å². The van der Waals surface area contributed by atoms with Crippen molar-refractivity contribution in [1.29, 1.82) is 0 Å². The molecule has 2 aliphatic rings. The van der Waals surface area contributed by atoms with Crippen molar-refractivity contribution in [3.05, 3.63) is 105 Å². The number of hydrogen-bond acceptors (Lipinski definition) is 0. The predicted molar refractivity (Wildman–Crippen MR) is 141 cm³/mol. The third-order valence-corrected chi connectivity index (χ3v) is 4.94. The SMILES string of the molecule is C/C=C\C.C=C=C=C=C=C=C=C=C=C=C=C=C=C=C=C(C)CC.CC1CC1C.CC1C[C@@H]1C. The molecule has 0 aromatic carbocycles. The van der Waals surface area contributed by atoms with Crippen molar-refractivity contribution in [3.8, 4) is 0 Å². The van der Waals surface area contributed by atoms with E-state index in [4.69, 9.17) is 0 Å². The molecule has 0 N–H and O–H groups in total. The summed E-state index contributed by atoms with van der Waals surface area (Å²) in [5.74, 6) is 4.20. The summed E-state index contributed by atoms with van der Waals surface area (Å²) in [6.45, 7) is 20.5. The topological polar surface area (TPSA) is 0 Å². The van der Waals surface area contributed by atoms with Gasteiger partial charge in [0.2, 0.25) is 0 Å². The highest BCUT2D eigenvalue weighted by molar-refractivity contribution is 4.97. The molecule has 0 saturated heterocycles. The molecule has 170 valence electrons. The Bertz CT molecular complexity index is 1110. The second-order valence-electron chi connectivity index (χ2n) is 7.98. The molecule has 0 amide bonds. The summed E-state index contributed by atoms with van der Waals surface area (Å²) >= 11 is 0. The van der Waals surface area contributed by atoms with Gasteiger partial charge >= 0.3 is 0 Å². The summed E-state index contributed by atoms with van der Waals surface area (Å²) in [7, 11) is 0. The molecule has 33 heavy (non-hydrogen) atoms. The zero-order chi connectivity index (χ0) is 25.3. The van der Waals surface area contributed by atoms with Gasteiger partial charge < -0.3 is 0 Å². The first kappa shape index (κ1) is 31.6. The molecule has 2 fully saturated rings. The van der Waals surface area contributed by atoms with Crippen LogP contribution in [0.1, 0.15) is 74.7 Å². The maximum absolute atomic E-state index is 3.31. The van der Waals surface area contributed by atoms with E-state index in [0.717, 1.165) is 35.7 Å². The Hall–Kier alpha value is -3.60. The fraction of sp³-hybridized carbons (Fsp3) is 0.455. The van der Waals surface area contributed by atoms with Crippen LogP contribution in [-0.4, -0.2) is 0 Å². The Morgan fingerprint density at radius 2 is 0.909 bits per heavy atom. The Kier molecular flexibility index (Phi) is 22.1. The summed E-state index contributed by atoms with van der Waals surface area (Å²) in [4.78, 5) is 0. The summed E-state index contributed by atoms with van der Waals surface area (Å²) in [5, 5.41) is 0. The molecule has 2 saturated carbocycles. The first-order chi connectivity index (χ1) is 15.8.